The van der Waals surface area contributed by atoms with Gasteiger partial charge in [-0.25, -0.2) is 0 Å². The largest absolute Gasteiger partial charge is 0.341 e. The van der Waals surface area contributed by atoms with Crippen LogP contribution in [-0.2, 0) is 4.79 Å². The van der Waals surface area contributed by atoms with Crippen molar-refractivity contribution in [3.8, 4) is 0 Å². The van der Waals surface area contributed by atoms with Crippen molar-refractivity contribution < 1.29 is 4.79 Å². The summed E-state index contributed by atoms with van der Waals surface area (Å²) in [7, 11) is 2.11. The molecule has 1 saturated carbocycles. The Balaban J connectivity index is 1.79. The molecule has 0 radical (unpaired) electrons. The average Bonchev–Trinajstić information content (AvgIpc) is 2.82. The lowest BCUT2D eigenvalue weighted by Crippen LogP contribution is -2.45. The molecule has 2 rings (SSSR count). The number of hydrogen-bond acceptors (Lipinski definition) is 2. The first-order valence-electron chi connectivity index (χ1n) is 7.15. The SMILES string of the molecule is CC1CCCN(C(=O)CN(C)C2CCCC2)C1. The van der Waals surface area contributed by atoms with E-state index >= 15 is 0 Å². The molecule has 0 aromatic heterocycles. The van der Waals surface area contributed by atoms with Crippen molar-refractivity contribution in [2.45, 2.75) is 51.5 Å². The van der Waals surface area contributed by atoms with Crippen LogP contribution in [0.2, 0.25) is 0 Å². The Morgan fingerprint density at radius 3 is 2.59 bits per heavy atom. The third kappa shape index (κ3) is 3.44. The van der Waals surface area contributed by atoms with Crippen LogP contribution in [0.1, 0.15) is 45.4 Å². The molecular formula is C14H26N2O. The molecule has 1 amide bonds. The van der Waals surface area contributed by atoms with Crippen LogP contribution in [0.4, 0.5) is 0 Å². The van der Waals surface area contributed by atoms with E-state index in [9.17, 15) is 4.79 Å². The summed E-state index contributed by atoms with van der Waals surface area (Å²) in [5, 5.41) is 0. The number of nitrogens with zero attached hydrogens (tertiary/aromatic N) is 2. The second-order valence-corrected chi connectivity index (χ2v) is 5.94. The third-order valence-electron chi connectivity index (χ3n) is 4.34. The molecular weight excluding hydrogens is 212 g/mol. The van der Waals surface area contributed by atoms with Gasteiger partial charge in [0.05, 0.1) is 6.54 Å². The highest BCUT2D eigenvalue weighted by Gasteiger charge is 2.25. The van der Waals surface area contributed by atoms with Crippen molar-refractivity contribution in [2.24, 2.45) is 5.92 Å². The van der Waals surface area contributed by atoms with Crippen LogP contribution in [0, 0.1) is 5.92 Å². The second-order valence-electron chi connectivity index (χ2n) is 5.94. The molecule has 2 aliphatic rings. The van der Waals surface area contributed by atoms with Gasteiger partial charge in [-0.15, -0.1) is 0 Å². The van der Waals surface area contributed by atoms with Gasteiger partial charge in [-0.3, -0.25) is 9.69 Å². The lowest BCUT2D eigenvalue weighted by Gasteiger charge is -2.33. The quantitative estimate of drug-likeness (QED) is 0.752. The number of carbonyl (C=O) groups excluding carboxylic acids is 1. The summed E-state index contributed by atoms with van der Waals surface area (Å²) in [6, 6.07) is 0.654. The minimum absolute atomic E-state index is 0.339. The molecule has 3 nitrogen and oxygen atoms in total. The van der Waals surface area contributed by atoms with Crippen LogP contribution in [-0.4, -0.2) is 48.4 Å². The summed E-state index contributed by atoms with van der Waals surface area (Å²) in [4.78, 5) is 16.5. The molecule has 1 atom stereocenters. The van der Waals surface area contributed by atoms with Crippen LogP contribution in [0.25, 0.3) is 0 Å². The van der Waals surface area contributed by atoms with Gasteiger partial charge in [0.25, 0.3) is 0 Å². The van der Waals surface area contributed by atoms with Crippen LogP contribution in [0.15, 0.2) is 0 Å². The first-order valence-corrected chi connectivity index (χ1v) is 7.15. The Kier molecular flexibility index (Phi) is 4.43. The van der Waals surface area contributed by atoms with Gasteiger partial charge in [-0.05, 0) is 38.6 Å². The Bertz CT molecular complexity index is 261. The number of piperidine rings is 1. The second kappa shape index (κ2) is 5.85. The smallest absolute Gasteiger partial charge is 0.236 e. The van der Waals surface area contributed by atoms with Gasteiger partial charge in [0.2, 0.25) is 5.91 Å². The Morgan fingerprint density at radius 1 is 1.24 bits per heavy atom. The molecule has 0 aromatic carbocycles. The minimum atomic E-state index is 0.339. The third-order valence-corrected chi connectivity index (χ3v) is 4.34. The normalized spacial score (nSPS) is 26.8. The molecule has 1 unspecified atom stereocenters. The van der Waals surface area contributed by atoms with E-state index in [-0.39, 0.29) is 0 Å². The van der Waals surface area contributed by atoms with Crippen molar-refractivity contribution in [2.75, 3.05) is 26.7 Å². The first kappa shape index (κ1) is 12.9. The van der Waals surface area contributed by atoms with Gasteiger partial charge in [-0.2, -0.15) is 0 Å². The Labute approximate surface area is 105 Å². The molecule has 0 spiro atoms. The van der Waals surface area contributed by atoms with Crippen LogP contribution in [0.3, 0.4) is 0 Å². The first-order chi connectivity index (χ1) is 8.16. The fraction of sp³-hybridized carbons (Fsp3) is 0.929. The zero-order valence-corrected chi connectivity index (χ0v) is 11.3. The fourth-order valence-electron chi connectivity index (χ4n) is 3.20. The van der Waals surface area contributed by atoms with Crippen molar-refractivity contribution in [1.82, 2.24) is 9.80 Å². The van der Waals surface area contributed by atoms with E-state index in [1.807, 2.05) is 0 Å². The van der Waals surface area contributed by atoms with Crippen LogP contribution >= 0.6 is 0 Å². The Morgan fingerprint density at radius 2 is 1.94 bits per heavy atom. The molecule has 98 valence electrons. The maximum atomic E-state index is 12.2. The van der Waals surface area contributed by atoms with Gasteiger partial charge < -0.3 is 4.90 Å². The summed E-state index contributed by atoms with van der Waals surface area (Å²) in [6.07, 6.45) is 7.69. The number of likely N-dealkylation sites (tertiary alicyclic amines) is 1. The van der Waals surface area contributed by atoms with Crippen LogP contribution in [0.5, 0.6) is 0 Å². The molecule has 1 aliphatic carbocycles. The molecule has 17 heavy (non-hydrogen) atoms. The van der Waals surface area contributed by atoms with Crippen molar-refractivity contribution in [3.05, 3.63) is 0 Å². The Hall–Kier alpha value is -0.570. The molecule has 2 fully saturated rings. The molecule has 0 aromatic rings. The maximum absolute atomic E-state index is 12.2. The van der Waals surface area contributed by atoms with Gasteiger partial charge >= 0.3 is 0 Å². The lowest BCUT2D eigenvalue weighted by atomic mass is 10.0. The summed E-state index contributed by atoms with van der Waals surface area (Å²) in [6.45, 7) is 4.82. The minimum Gasteiger partial charge on any atom is -0.341 e. The van der Waals surface area contributed by atoms with E-state index < -0.39 is 0 Å². The van der Waals surface area contributed by atoms with E-state index in [2.05, 4.69) is 23.8 Å². The van der Waals surface area contributed by atoms with Crippen molar-refractivity contribution in [3.63, 3.8) is 0 Å². The molecule has 0 N–H and O–H groups in total. The highest BCUT2D eigenvalue weighted by atomic mass is 16.2. The highest BCUT2D eigenvalue weighted by Crippen LogP contribution is 2.22. The predicted octanol–water partition coefficient (Wildman–Crippen LogP) is 2.12. The van der Waals surface area contributed by atoms with Crippen LogP contribution < -0.4 is 0 Å². The van der Waals surface area contributed by atoms with Gasteiger partial charge in [0.15, 0.2) is 0 Å². The van der Waals surface area contributed by atoms with E-state index in [1.54, 1.807) is 0 Å². The topological polar surface area (TPSA) is 23.6 Å². The zero-order valence-electron chi connectivity index (χ0n) is 11.3. The number of carbonyl (C=O) groups is 1. The fourth-order valence-corrected chi connectivity index (χ4v) is 3.20. The van der Waals surface area contributed by atoms with Gasteiger partial charge in [-0.1, -0.05) is 19.8 Å². The number of amides is 1. The maximum Gasteiger partial charge on any atom is 0.236 e. The van der Waals surface area contributed by atoms with Gasteiger partial charge in [0.1, 0.15) is 0 Å². The number of likely N-dealkylation sites (N-methyl/N-ethyl adjacent to an activating group) is 1. The van der Waals surface area contributed by atoms with Gasteiger partial charge in [0, 0.05) is 19.1 Å². The predicted molar refractivity (Wildman–Crippen MR) is 69.9 cm³/mol. The van der Waals surface area contributed by atoms with E-state index in [4.69, 9.17) is 0 Å². The summed E-state index contributed by atoms with van der Waals surface area (Å²) in [5.41, 5.74) is 0. The molecule has 1 aliphatic heterocycles. The molecule has 1 saturated heterocycles. The van der Waals surface area contributed by atoms with E-state index in [0.717, 1.165) is 13.1 Å². The zero-order chi connectivity index (χ0) is 12.3. The number of hydrogen-bond donors (Lipinski definition) is 0. The summed E-state index contributed by atoms with van der Waals surface area (Å²) >= 11 is 0. The van der Waals surface area contributed by atoms with E-state index in [1.165, 1.54) is 38.5 Å². The molecule has 0 bridgehead atoms. The molecule has 1 heterocycles. The van der Waals surface area contributed by atoms with Crippen molar-refractivity contribution >= 4 is 5.91 Å². The number of rotatable bonds is 3. The highest BCUT2D eigenvalue weighted by molar-refractivity contribution is 5.78. The molecule has 3 heteroatoms. The summed E-state index contributed by atoms with van der Waals surface area (Å²) in [5.74, 6) is 1.02. The standard InChI is InChI=1S/C14H26N2O/c1-12-6-5-9-16(10-12)14(17)11-15(2)13-7-3-4-8-13/h12-13H,3-11H2,1-2H3. The van der Waals surface area contributed by atoms with Crippen molar-refractivity contribution in [1.29, 1.82) is 0 Å². The monoisotopic (exact) mass is 238 g/mol. The van der Waals surface area contributed by atoms with E-state index in [0.29, 0.717) is 24.4 Å². The lowest BCUT2D eigenvalue weighted by molar-refractivity contribution is -0.134. The summed E-state index contributed by atoms with van der Waals surface area (Å²) < 4.78 is 0. The average molecular weight is 238 g/mol.